The van der Waals surface area contributed by atoms with Gasteiger partial charge in [0.25, 0.3) is 0 Å². The number of fused-ring (bicyclic) bond motifs is 2. The van der Waals surface area contributed by atoms with Crippen LogP contribution >= 0.6 is 0 Å². The number of hydrogen-bond acceptors (Lipinski definition) is 7. The van der Waals surface area contributed by atoms with E-state index < -0.39 is 0 Å². The van der Waals surface area contributed by atoms with E-state index in [2.05, 4.69) is 43.3 Å². The summed E-state index contributed by atoms with van der Waals surface area (Å²) >= 11 is 0. The van der Waals surface area contributed by atoms with Gasteiger partial charge in [-0.25, -0.2) is 24.9 Å². The lowest BCUT2D eigenvalue weighted by atomic mass is 10.3. The van der Waals surface area contributed by atoms with Crippen LogP contribution < -0.4 is 4.74 Å². The third-order valence-electron chi connectivity index (χ3n) is 5.31. The van der Waals surface area contributed by atoms with Gasteiger partial charge in [0.1, 0.15) is 29.9 Å². The van der Waals surface area contributed by atoms with Gasteiger partial charge in [-0.3, -0.25) is 0 Å². The van der Waals surface area contributed by atoms with Crippen molar-refractivity contribution < 1.29 is 4.74 Å². The van der Waals surface area contributed by atoms with Crippen molar-refractivity contribution in [1.82, 2.24) is 39.0 Å². The molecule has 0 fully saturated rings. The molecule has 0 saturated carbocycles. The first-order chi connectivity index (χ1) is 14.2. The number of aromatic nitrogens is 8. The fourth-order valence-corrected chi connectivity index (χ4v) is 3.86. The predicted octanol–water partition coefficient (Wildman–Crippen LogP) is 2.37. The Morgan fingerprint density at radius 2 is 1.90 bits per heavy atom. The van der Waals surface area contributed by atoms with E-state index in [1.54, 1.807) is 12.4 Å². The Morgan fingerprint density at radius 3 is 2.66 bits per heavy atom. The molecular weight excluding hydrogens is 368 g/mol. The second-order valence-corrected chi connectivity index (χ2v) is 7.12. The van der Waals surface area contributed by atoms with E-state index >= 15 is 0 Å². The Labute approximate surface area is 167 Å². The second kappa shape index (κ2) is 6.91. The molecule has 5 heterocycles. The van der Waals surface area contributed by atoms with Gasteiger partial charge in [0.2, 0.25) is 5.88 Å². The molecule has 9 nitrogen and oxygen atoms in total. The fourth-order valence-electron chi connectivity index (χ4n) is 3.86. The maximum atomic E-state index is 6.28. The SMILES string of the molecule is CCc1cnc2n1CC(Oc1ncnc3c1nc(-c1cnc(C)nc1)n3CC)C2. The Hall–Kier alpha value is -3.36. The van der Waals surface area contributed by atoms with Crippen LogP contribution in [-0.4, -0.2) is 45.1 Å². The Balaban J connectivity index is 1.50. The van der Waals surface area contributed by atoms with Crippen molar-refractivity contribution in [1.29, 1.82) is 0 Å². The van der Waals surface area contributed by atoms with E-state index in [-0.39, 0.29) is 6.10 Å². The van der Waals surface area contributed by atoms with E-state index in [0.29, 0.717) is 11.4 Å². The minimum absolute atomic E-state index is 0.0139. The highest BCUT2D eigenvalue weighted by Gasteiger charge is 2.27. The van der Waals surface area contributed by atoms with Crippen LogP contribution in [0.3, 0.4) is 0 Å². The molecule has 0 aromatic carbocycles. The van der Waals surface area contributed by atoms with Crippen molar-refractivity contribution in [3.05, 3.63) is 42.3 Å². The summed E-state index contributed by atoms with van der Waals surface area (Å²) in [7, 11) is 0. The van der Waals surface area contributed by atoms with Gasteiger partial charge < -0.3 is 13.9 Å². The van der Waals surface area contributed by atoms with Crippen molar-refractivity contribution in [2.75, 3.05) is 0 Å². The average molecular weight is 390 g/mol. The van der Waals surface area contributed by atoms with Gasteiger partial charge in [-0.05, 0) is 20.3 Å². The number of rotatable bonds is 5. The van der Waals surface area contributed by atoms with E-state index in [1.807, 2.05) is 17.7 Å². The molecule has 4 aromatic rings. The maximum absolute atomic E-state index is 6.28. The van der Waals surface area contributed by atoms with Crippen molar-refractivity contribution in [2.45, 2.75) is 52.8 Å². The lowest BCUT2D eigenvalue weighted by molar-refractivity contribution is 0.195. The minimum Gasteiger partial charge on any atom is -0.470 e. The average Bonchev–Trinajstić information content (AvgIpc) is 3.40. The van der Waals surface area contributed by atoms with Crippen LogP contribution in [0.25, 0.3) is 22.6 Å². The molecule has 5 rings (SSSR count). The highest BCUT2D eigenvalue weighted by molar-refractivity contribution is 5.81. The number of imidazole rings is 2. The highest BCUT2D eigenvalue weighted by Crippen LogP contribution is 2.29. The molecule has 0 saturated heterocycles. The zero-order valence-corrected chi connectivity index (χ0v) is 16.7. The van der Waals surface area contributed by atoms with Crippen LogP contribution in [0, 0.1) is 6.92 Å². The summed E-state index contributed by atoms with van der Waals surface area (Å²) in [5, 5.41) is 0. The van der Waals surface area contributed by atoms with Crippen LogP contribution in [0.15, 0.2) is 24.9 Å². The molecule has 0 bridgehead atoms. The van der Waals surface area contributed by atoms with Gasteiger partial charge in [-0.1, -0.05) is 6.92 Å². The van der Waals surface area contributed by atoms with E-state index in [4.69, 9.17) is 9.72 Å². The van der Waals surface area contributed by atoms with Crippen LogP contribution in [0.4, 0.5) is 0 Å². The number of hydrogen-bond donors (Lipinski definition) is 0. The molecule has 29 heavy (non-hydrogen) atoms. The summed E-state index contributed by atoms with van der Waals surface area (Å²) in [5.74, 6) is 3.06. The molecule has 0 N–H and O–H groups in total. The lowest BCUT2D eigenvalue weighted by Crippen LogP contribution is -2.19. The summed E-state index contributed by atoms with van der Waals surface area (Å²) in [4.78, 5) is 26.8. The molecule has 0 amide bonds. The van der Waals surface area contributed by atoms with Crippen molar-refractivity contribution in [3.8, 4) is 17.3 Å². The van der Waals surface area contributed by atoms with Crippen molar-refractivity contribution in [2.24, 2.45) is 0 Å². The van der Waals surface area contributed by atoms with Crippen LogP contribution in [-0.2, 0) is 25.9 Å². The van der Waals surface area contributed by atoms with Gasteiger partial charge >= 0.3 is 0 Å². The van der Waals surface area contributed by atoms with Crippen molar-refractivity contribution >= 4 is 11.2 Å². The van der Waals surface area contributed by atoms with Gasteiger partial charge in [-0.15, -0.1) is 0 Å². The molecule has 1 atom stereocenters. The summed E-state index contributed by atoms with van der Waals surface area (Å²) in [5.41, 5.74) is 3.48. The zero-order valence-electron chi connectivity index (χ0n) is 16.7. The molecule has 148 valence electrons. The van der Waals surface area contributed by atoms with E-state index in [9.17, 15) is 0 Å². The quantitative estimate of drug-likeness (QED) is 0.516. The first-order valence-corrected chi connectivity index (χ1v) is 9.88. The Bertz CT molecular complexity index is 1180. The number of ether oxygens (including phenoxy) is 1. The lowest BCUT2D eigenvalue weighted by Gasteiger charge is -2.12. The van der Waals surface area contributed by atoms with Gasteiger partial charge in [0.15, 0.2) is 11.2 Å². The summed E-state index contributed by atoms with van der Waals surface area (Å²) in [6.45, 7) is 7.55. The summed E-state index contributed by atoms with van der Waals surface area (Å²) in [6.07, 6.45) is 8.76. The molecule has 9 heteroatoms. The maximum Gasteiger partial charge on any atom is 0.245 e. The standard InChI is InChI=1S/C20H22N8O/c1-4-14-9-23-16-6-15(10-28(14)16)29-20-17-19(24-11-25-20)27(5-2)18(26-17)13-7-21-12(3)22-8-13/h7-9,11,15H,4-6,10H2,1-3H3. The fraction of sp³-hybridized carbons (Fsp3) is 0.400. The van der Waals surface area contributed by atoms with Crippen LogP contribution in [0.2, 0.25) is 0 Å². The molecule has 4 aromatic heterocycles. The van der Waals surface area contributed by atoms with Gasteiger partial charge in [-0.2, -0.15) is 4.98 Å². The zero-order chi connectivity index (χ0) is 20.0. The second-order valence-electron chi connectivity index (χ2n) is 7.12. The van der Waals surface area contributed by atoms with Gasteiger partial charge in [0.05, 0.1) is 12.1 Å². The Morgan fingerprint density at radius 1 is 1.07 bits per heavy atom. The normalized spacial score (nSPS) is 15.8. The molecule has 0 radical (unpaired) electrons. The molecular formula is C20H22N8O. The minimum atomic E-state index is -0.0139. The molecule has 0 aliphatic carbocycles. The summed E-state index contributed by atoms with van der Waals surface area (Å²) < 4.78 is 10.6. The first-order valence-electron chi connectivity index (χ1n) is 9.88. The predicted molar refractivity (Wildman–Crippen MR) is 106 cm³/mol. The molecule has 1 unspecified atom stereocenters. The van der Waals surface area contributed by atoms with E-state index in [1.165, 1.54) is 12.0 Å². The van der Waals surface area contributed by atoms with Crippen LogP contribution in [0.5, 0.6) is 5.88 Å². The topological polar surface area (TPSA) is 96.4 Å². The summed E-state index contributed by atoms with van der Waals surface area (Å²) in [6, 6.07) is 0. The number of aryl methyl sites for hydroxylation is 3. The van der Waals surface area contributed by atoms with E-state index in [0.717, 1.165) is 54.6 Å². The highest BCUT2D eigenvalue weighted by atomic mass is 16.5. The number of nitrogens with zero attached hydrogens (tertiary/aromatic N) is 8. The third kappa shape index (κ3) is 2.93. The largest absolute Gasteiger partial charge is 0.470 e. The first kappa shape index (κ1) is 17.7. The van der Waals surface area contributed by atoms with Crippen molar-refractivity contribution in [3.63, 3.8) is 0 Å². The van der Waals surface area contributed by atoms with Crippen LogP contribution in [0.1, 0.15) is 31.2 Å². The smallest absolute Gasteiger partial charge is 0.245 e. The van der Waals surface area contributed by atoms with Gasteiger partial charge in [0, 0.05) is 37.3 Å². The molecule has 1 aliphatic heterocycles. The monoisotopic (exact) mass is 390 g/mol. The molecule has 0 spiro atoms. The Kier molecular flexibility index (Phi) is 4.22. The molecule has 1 aliphatic rings. The third-order valence-corrected chi connectivity index (χ3v) is 5.31.